The van der Waals surface area contributed by atoms with E-state index < -0.39 is 29.4 Å². The molecular weight excluding hydrogens is 551 g/mol. The van der Waals surface area contributed by atoms with Crippen LogP contribution in [0.1, 0.15) is 47.8 Å². The summed E-state index contributed by atoms with van der Waals surface area (Å²) in [6.07, 6.45) is -0.532. The van der Waals surface area contributed by atoms with E-state index in [4.69, 9.17) is 26.8 Å². The van der Waals surface area contributed by atoms with Gasteiger partial charge >= 0.3 is 6.18 Å². The number of nitrogens with two attached hydrogens (primary N) is 1. The van der Waals surface area contributed by atoms with Gasteiger partial charge in [-0.2, -0.15) is 13.2 Å². The Balaban J connectivity index is 1.79. The molecule has 3 aromatic rings. The fourth-order valence-corrected chi connectivity index (χ4v) is 5.60. The number of imidazole rings is 1. The number of benzene rings is 1. The van der Waals surface area contributed by atoms with E-state index in [-0.39, 0.29) is 40.5 Å². The van der Waals surface area contributed by atoms with Gasteiger partial charge in [0.05, 0.1) is 41.4 Å². The summed E-state index contributed by atoms with van der Waals surface area (Å²) in [7, 11) is 0. The molecular formula is C27H27ClF3N5O4. The lowest BCUT2D eigenvalue weighted by Gasteiger charge is -2.27. The van der Waals surface area contributed by atoms with Crippen molar-refractivity contribution in [3.63, 3.8) is 0 Å². The fraction of sp³-hybridized carbons (Fsp3) is 0.407. The van der Waals surface area contributed by atoms with E-state index in [2.05, 4.69) is 16.5 Å². The number of aromatic nitrogens is 3. The predicted octanol–water partition coefficient (Wildman–Crippen LogP) is 4.78. The lowest BCUT2D eigenvalue weighted by atomic mass is 10.0. The number of likely N-dealkylation sites (tertiary alicyclic amines) is 1. The molecule has 2 aliphatic rings. The van der Waals surface area contributed by atoms with Gasteiger partial charge in [0.2, 0.25) is 11.8 Å². The quantitative estimate of drug-likeness (QED) is 0.422. The number of carbonyl (C=O) groups excluding carboxylic acids is 2. The number of alkyl halides is 3. The van der Waals surface area contributed by atoms with Crippen molar-refractivity contribution < 1.29 is 32.2 Å². The maximum Gasteiger partial charge on any atom is 0.434 e. The molecule has 2 aliphatic heterocycles. The summed E-state index contributed by atoms with van der Waals surface area (Å²) in [5.41, 5.74) is 3.91. The highest BCUT2D eigenvalue weighted by molar-refractivity contribution is 6.36. The zero-order chi connectivity index (χ0) is 28.6. The smallest absolute Gasteiger partial charge is 0.434 e. The van der Waals surface area contributed by atoms with Crippen LogP contribution < -0.4 is 10.5 Å². The molecule has 0 saturated carbocycles. The Hall–Kier alpha value is -3.64. The van der Waals surface area contributed by atoms with Gasteiger partial charge in [-0.3, -0.25) is 14.6 Å². The minimum atomic E-state index is -4.92. The maximum atomic E-state index is 14.3. The molecule has 13 heteroatoms. The highest BCUT2D eigenvalue weighted by atomic mass is 35.5. The molecule has 2 fully saturated rings. The minimum absolute atomic E-state index is 0.145. The van der Waals surface area contributed by atoms with Gasteiger partial charge < -0.3 is 24.7 Å². The summed E-state index contributed by atoms with van der Waals surface area (Å²) in [6.45, 7) is 5.11. The van der Waals surface area contributed by atoms with Crippen molar-refractivity contribution in [3.8, 4) is 17.1 Å². The number of amides is 2. The zero-order valence-corrected chi connectivity index (χ0v) is 22.2. The van der Waals surface area contributed by atoms with Gasteiger partial charge in [-0.25, -0.2) is 4.98 Å². The molecule has 2 N–H and O–H groups in total. The number of rotatable bonds is 6. The molecule has 0 spiro atoms. The molecule has 4 heterocycles. The van der Waals surface area contributed by atoms with Crippen molar-refractivity contribution in [2.75, 3.05) is 26.3 Å². The van der Waals surface area contributed by atoms with Crippen LogP contribution in [0.25, 0.3) is 22.4 Å². The first-order chi connectivity index (χ1) is 19.1. The molecule has 1 aromatic carbocycles. The largest absolute Gasteiger partial charge is 0.486 e. The van der Waals surface area contributed by atoms with Crippen molar-refractivity contribution >= 4 is 34.4 Å². The van der Waals surface area contributed by atoms with Crippen LogP contribution in [0.15, 0.2) is 37.1 Å². The second kappa shape index (κ2) is 11.1. The van der Waals surface area contributed by atoms with Crippen LogP contribution in [0.3, 0.4) is 0 Å². The molecule has 0 aliphatic carbocycles. The number of hydrogen-bond acceptors (Lipinski definition) is 6. The van der Waals surface area contributed by atoms with E-state index in [0.717, 1.165) is 12.3 Å². The maximum absolute atomic E-state index is 14.3. The Morgan fingerprint density at radius 2 is 2.02 bits per heavy atom. The molecule has 0 radical (unpaired) electrons. The third kappa shape index (κ3) is 5.25. The second-order valence-corrected chi connectivity index (χ2v) is 10.1. The number of halogens is 4. The third-order valence-corrected chi connectivity index (χ3v) is 7.51. The van der Waals surface area contributed by atoms with E-state index in [1.165, 1.54) is 6.08 Å². The first-order valence-corrected chi connectivity index (χ1v) is 13.2. The third-order valence-electron chi connectivity index (χ3n) is 7.14. The number of pyridine rings is 1. The van der Waals surface area contributed by atoms with E-state index in [1.54, 1.807) is 21.6 Å². The van der Waals surface area contributed by atoms with Gasteiger partial charge in [-0.15, -0.1) is 0 Å². The standard InChI is InChI=1S/C27H27ClF3N5O4/c1-2-20(37)35-11-4-3-5-15(13-35)36-23-18(6-7-19(22(23)28)40-16-9-12-39-14-16)34-26(36)21-17(25(32)38)8-10-33-24(21)27(29,30)31/h2,6-8,10,15-16H,1,3-5,9,11-14H2,(H2,32,38)/t15-,16+/m1/s1. The Kier molecular flexibility index (Phi) is 7.74. The summed E-state index contributed by atoms with van der Waals surface area (Å²) < 4.78 is 55.9. The van der Waals surface area contributed by atoms with Gasteiger partial charge in [0.25, 0.3) is 0 Å². The highest BCUT2D eigenvalue weighted by Crippen LogP contribution is 2.43. The number of fused-ring (bicyclic) bond motifs is 1. The number of primary amides is 1. The predicted molar refractivity (Wildman–Crippen MR) is 141 cm³/mol. The van der Waals surface area contributed by atoms with E-state index in [9.17, 15) is 22.8 Å². The lowest BCUT2D eigenvalue weighted by molar-refractivity contribution is -0.140. The van der Waals surface area contributed by atoms with Gasteiger partial charge in [0.1, 0.15) is 22.7 Å². The monoisotopic (exact) mass is 577 g/mol. The van der Waals surface area contributed by atoms with E-state index in [0.29, 0.717) is 56.7 Å². The SMILES string of the molecule is C=CC(=O)N1CCCC[C@@H](n2c(-c3c(C(N)=O)ccnc3C(F)(F)F)nc3ccc(O[C@H]4CCOC4)c(Cl)c32)C1. The average molecular weight is 578 g/mol. The first-order valence-electron chi connectivity index (χ1n) is 12.8. The summed E-state index contributed by atoms with van der Waals surface area (Å²) in [5, 5.41) is 0.145. The molecule has 212 valence electrons. The summed E-state index contributed by atoms with van der Waals surface area (Å²) in [6, 6.07) is 3.79. The second-order valence-electron chi connectivity index (χ2n) is 9.74. The number of hydrogen-bond donors (Lipinski definition) is 1. The van der Waals surface area contributed by atoms with Crippen LogP contribution in [0, 0.1) is 0 Å². The number of carbonyl (C=O) groups is 2. The van der Waals surface area contributed by atoms with Gasteiger partial charge in [-0.1, -0.05) is 18.2 Å². The topological polar surface area (TPSA) is 113 Å². The first kappa shape index (κ1) is 27.9. The van der Waals surface area contributed by atoms with Crippen LogP contribution in [0.2, 0.25) is 5.02 Å². The molecule has 5 rings (SSSR count). The van der Waals surface area contributed by atoms with Crippen molar-refractivity contribution in [3.05, 3.63) is 53.3 Å². The van der Waals surface area contributed by atoms with Gasteiger partial charge in [0.15, 0.2) is 5.69 Å². The number of ether oxygens (including phenoxy) is 2. The molecule has 2 atom stereocenters. The summed E-state index contributed by atoms with van der Waals surface area (Å²) in [5.74, 6) is -1.22. The van der Waals surface area contributed by atoms with Crippen LogP contribution in [-0.2, 0) is 15.7 Å². The average Bonchev–Trinajstić information content (AvgIpc) is 3.50. The molecule has 2 aromatic heterocycles. The Labute approximate surface area is 232 Å². The van der Waals surface area contributed by atoms with Crippen molar-refractivity contribution in [1.29, 1.82) is 0 Å². The van der Waals surface area contributed by atoms with Crippen LogP contribution >= 0.6 is 11.6 Å². The molecule has 2 amide bonds. The molecule has 40 heavy (non-hydrogen) atoms. The Morgan fingerprint density at radius 1 is 1.23 bits per heavy atom. The summed E-state index contributed by atoms with van der Waals surface area (Å²) in [4.78, 5) is 34.7. The lowest BCUT2D eigenvalue weighted by Crippen LogP contribution is -2.34. The fourth-order valence-electron chi connectivity index (χ4n) is 5.31. The molecule has 0 unspecified atom stereocenters. The van der Waals surface area contributed by atoms with Crippen molar-refractivity contribution in [2.24, 2.45) is 5.73 Å². The van der Waals surface area contributed by atoms with Crippen LogP contribution in [0.4, 0.5) is 13.2 Å². The Morgan fingerprint density at radius 3 is 2.70 bits per heavy atom. The van der Waals surface area contributed by atoms with Gasteiger partial charge in [-0.05, 0) is 43.5 Å². The zero-order valence-electron chi connectivity index (χ0n) is 21.4. The van der Waals surface area contributed by atoms with Crippen molar-refractivity contribution in [2.45, 2.75) is 44.0 Å². The van der Waals surface area contributed by atoms with Crippen molar-refractivity contribution in [1.82, 2.24) is 19.4 Å². The van der Waals surface area contributed by atoms with E-state index >= 15 is 0 Å². The summed E-state index contributed by atoms with van der Waals surface area (Å²) >= 11 is 6.89. The molecule has 2 saturated heterocycles. The normalized spacial score (nSPS) is 19.9. The van der Waals surface area contributed by atoms with Gasteiger partial charge in [0, 0.05) is 25.7 Å². The molecule has 0 bridgehead atoms. The minimum Gasteiger partial charge on any atom is -0.486 e. The van der Waals surface area contributed by atoms with E-state index in [1.807, 2.05) is 0 Å². The molecule has 9 nitrogen and oxygen atoms in total. The Bertz CT molecular complexity index is 1470. The van der Waals surface area contributed by atoms with Crippen LogP contribution in [-0.4, -0.2) is 63.7 Å². The highest BCUT2D eigenvalue weighted by Gasteiger charge is 2.40. The van der Waals surface area contributed by atoms with Crippen LogP contribution in [0.5, 0.6) is 5.75 Å². The number of nitrogens with zero attached hydrogens (tertiary/aromatic N) is 4.